The molecule has 8 heteroatoms. The first-order valence-electron chi connectivity index (χ1n) is 5.79. The molecule has 2 rings (SSSR count). The molecule has 4 nitrogen and oxygen atoms in total. The number of nitrogens with zero attached hydrogens (tertiary/aromatic N) is 2. The lowest BCUT2D eigenvalue weighted by Crippen LogP contribution is -1.88. The first kappa shape index (κ1) is 16.9. The van der Waals surface area contributed by atoms with Crippen LogP contribution in [0.15, 0.2) is 46.6 Å². The largest absolute Gasteiger partial charge is 0.276 e. The van der Waals surface area contributed by atoms with Gasteiger partial charge in [-0.15, -0.1) is 10.2 Å². The number of halogens is 4. The third-order valence-corrected chi connectivity index (χ3v) is 3.69. The molecule has 0 atom stereocenters. The summed E-state index contributed by atoms with van der Waals surface area (Å²) < 4.78 is 0. The molecule has 0 saturated carbocycles. The maximum Gasteiger partial charge on any atom is 0.252 e. The van der Waals surface area contributed by atoms with Crippen LogP contribution in [-0.4, -0.2) is 10.5 Å². The molecule has 0 aromatic heterocycles. The van der Waals surface area contributed by atoms with Gasteiger partial charge >= 0.3 is 0 Å². The third-order valence-electron chi connectivity index (χ3n) is 2.61. The molecule has 0 spiro atoms. The Morgan fingerprint density at radius 3 is 1.41 bits per heavy atom. The maximum absolute atomic E-state index is 11.1. The summed E-state index contributed by atoms with van der Waals surface area (Å²) in [5.74, 6) is 0. The van der Waals surface area contributed by atoms with Gasteiger partial charge < -0.3 is 0 Å². The Balaban J connectivity index is 2.40. The minimum absolute atomic E-state index is 0.232. The van der Waals surface area contributed by atoms with Gasteiger partial charge in [0.25, 0.3) is 10.5 Å². The number of hydrogen-bond acceptors (Lipinski definition) is 4. The number of carbonyl (C=O) groups excluding carboxylic acids is 2. The Morgan fingerprint density at radius 1 is 0.727 bits per heavy atom. The molecule has 0 aliphatic carbocycles. The molecule has 0 unspecified atom stereocenters. The summed E-state index contributed by atoms with van der Waals surface area (Å²) in [4.78, 5) is 22.3. The van der Waals surface area contributed by atoms with Crippen molar-refractivity contribution in [3.8, 4) is 0 Å². The molecule has 0 amide bonds. The minimum atomic E-state index is -0.638. The van der Waals surface area contributed by atoms with E-state index in [9.17, 15) is 9.59 Å². The number of hydrogen-bond donors (Lipinski definition) is 0. The van der Waals surface area contributed by atoms with E-state index in [1.54, 1.807) is 0 Å². The first-order chi connectivity index (χ1) is 10.4. The smallest absolute Gasteiger partial charge is 0.252 e. The fourth-order valence-corrected chi connectivity index (χ4v) is 2.08. The Labute approximate surface area is 145 Å². The van der Waals surface area contributed by atoms with Gasteiger partial charge in [-0.2, -0.15) is 0 Å². The van der Waals surface area contributed by atoms with Gasteiger partial charge in [0.2, 0.25) is 0 Å². The quantitative estimate of drug-likeness (QED) is 0.474. The molecule has 0 heterocycles. The lowest BCUT2D eigenvalue weighted by Gasteiger charge is -2.01. The second kappa shape index (κ2) is 7.20. The molecule has 0 bridgehead atoms. The van der Waals surface area contributed by atoms with E-state index < -0.39 is 10.5 Å². The highest BCUT2D eigenvalue weighted by Crippen LogP contribution is 2.31. The van der Waals surface area contributed by atoms with Gasteiger partial charge in [0, 0.05) is 11.1 Å². The normalized spacial score (nSPS) is 10.9. The second-order valence-electron chi connectivity index (χ2n) is 4.08. The zero-order valence-corrected chi connectivity index (χ0v) is 13.7. The summed E-state index contributed by atoms with van der Waals surface area (Å²) >= 11 is 22.7. The second-order valence-corrected chi connectivity index (χ2v) is 5.58. The SMILES string of the molecule is O=C(Cl)c1ccc(Cl)c(N=Nc2cc(C(=O)Cl)ccc2Cl)c1. The lowest BCUT2D eigenvalue weighted by molar-refractivity contribution is 0.107. The standard InChI is InChI=1S/C14H6Cl4N2O2/c15-9-3-1-7(13(17)21)5-11(9)19-20-12-6-8(14(18)22)2-4-10(12)16/h1-6H. The van der Waals surface area contributed by atoms with Gasteiger partial charge in [-0.1, -0.05) is 23.2 Å². The average Bonchev–Trinajstić information content (AvgIpc) is 2.47. The molecule has 2 aromatic rings. The van der Waals surface area contributed by atoms with E-state index in [4.69, 9.17) is 46.4 Å². The van der Waals surface area contributed by atoms with Crippen LogP contribution < -0.4 is 0 Å². The van der Waals surface area contributed by atoms with Gasteiger partial charge in [-0.25, -0.2) is 0 Å². The molecular formula is C14H6Cl4N2O2. The van der Waals surface area contributed by atoms with Crippen LogP contribution in [0.1, 0.15) is 20.7 Å². The minimum Gasteiger partial charge on any atom is -0.276 e. The molecule has 22 heavy (non-hydrogen) atoms. The van der Waals surface area contributed by atoms with Crippen molar-refractivity contribution in [1.82, 2.24) is 0 Å². The van der Waals surface area contributed by atoms with E-state index in [0.717, 1.165) is 0 Å². The van der Waals surface area contributed by atoms with E-state index >= 15 is 0 Å². The zero-order valence-electron chi connectivity index (χ0n) is 10.7. The number of carbonyl (C=O) groups is 2. The molecule has 0 saturated heterocycles. The number of azo groups is 1. The Kier molecular flexibility index (Phi) is 5.53. The monoisotopic (exact) mass is 374 g/mol. The lowest BCUT2D eigenvalue weighted by atomic mass is 10.2. The first-order valence-corrected chi connectivity index (χ1v) is 7.30. The van der Waals surface area contributed by atoms with E-state index in [1.807, 2.05) is 0 Å². The highest BCUT2D eigenvalue weighted by molar-refractivity contribution is 6.68. The van der Waals surface area contributed by atoms with Crippen LogP contribution in [-0.2, 0) is 0 Å². The van der Waals surface area contributed by atoms with Crippen molar-refractivity contribution in [2.75, 3.05) is 0 Å². The topological polar surface area (TPSA) is 58.9 Å². The molecule has 0 radical (unpaired) electrons. The van der Waals surface area contributed by atoms with Crippen molar-refractivity contribution in [3.05, 3.63) is 57.6 Å². The zero-order chi connectivity index (χ0) is 16.3. The predicted molar refractivity (Wildman–Crippen MR) is 87.4 cm³/mol. The number of rotatable bonds is 4. The Bertz CT molecular complexity index is 725. The highest BCUT2D eigenvalue weighted by atomic mass is 35.5. The van der Waals surface area contributed by atoms with E-state index in [2.05, 4.69) is 10.2 Å². The van der Waals surface area contributed by atoms with Crippen molar-refractivity contribution in [2.24, 2.45) is 10.2 Å². The highest BCUT2D eigenvalue weighted by Gasteiger charge is 2.08. The summed E-state index contributed by atoms with van der Waals surface area (Å²) in [6, 6.07) is 8.68. The van der Waals surface area contributed by atoms with Crippen molar-refractivity contribution < 1.29 is 9.59 Å². The van der Waals surface area contributed by atoms with Gasteiger partial charge in [-0.05, 0) is 59.6 Å². The van der Waals surface area contributed by atoms with Crippen LogP contribution in [0.5, 0.6) is 0 Å². The molecule has 0 aliphatic heterocycles. The van der Waals surface area contributed by atoms with Crippen LogP contribution in [0.25, 0.3) is 0 Å². The van der Waals surface area contributed by atoms with Gasteiger partial charge in [0.15, 0.2) is 0 Å². The Morgan fingerprint density at radius 2 is 1.09 bits per heavy atom. The molecule has 2 aromatic carbocycles. The fourth-order valence-electron chi connectivity index (χ4n) is 1.53. The van der Waals surface area contributed by atoms with E-state index in [1.165, 1.54) is 36.4 Å². The average molecular weight is 376 g/mol. The van der Waals surface area contributed by atoms with Gasteiger partial charge in [0.1, 0.15) is 11.4 Å². The molecule has 0 aliphatic rings. The van der Waals surface area contributed by atoms with E-state index in [0.29, 0.717) is 0 Å². The van der Waals surface area contributed by atoms with Crippen molar-refractivity contribution in [1.29, 1.82) is 0 Å². The van der Waals surface area contributed by atoms with Crippen LogP contribution in [0.2, 0.25) is 10.0 Å². The van der Waals surface area contributed by atoms with Gasteiger partial charge in [0.05, 0.1) is 10.0 Å². The summed E-state index contributed by atoms with van der Waals surface area (Å²) in [6.45, 7) is 0. The Hall–Kier alpha value is -1.46. The molecule has 112 valence electrons. The van der Waals surface area contributed by atoms with E-state index in [-0.39, 0.29) is 32.5 Å². The summed E-state index contributed by atoms with van der Waals surface area (Å²) in [7, 11) is 0. The molecule has 0 N–H and O–H groups in total. The third kappa shape index (κ3) is 4.05. The maximum atomic E-state index is 11.1. The fraction of sp³-hybridized carbons (Fsp3) is 0. The predicted octanol–water partition coefficient (Wildman–Crippen LogP) is 6.17. The number of benzene rings is 2. The molecular weight excluding hydrogens is 370 g/mol. The van der Waals surface area contributed by atoms with Crippen LogP contribution in [0.3, 0.4) is 0 Å². The summed E-state index contributed by atoms with van der Waals surface area (Å²) in [5.41, 5.74) is 0.949. The van der Waals surface area contributed by atoms with Crippen LogP contribution in [0.4, 0.5) is 11.4 Å². The van der Waals surface area contributed by atoms with Crippen molar-refractivity contribution in [2.45, 2.75) is 0 Å². The van der Waals surface area contributed by atoms with Crippen molar-refractivity contribution in [3.63, 3.8) is 0 Å². The van der Waals surface area contributed by atoms with Crippen LogP contribution >= 0.6 is 46.4 Å². The molecule has 0 fully saturated rings. The summed E-state index contributed by atoms with van der Waals surface area (Å²) in [6.07, 6.45) is 0. The van der Waals surface area contributed by atoms with Crippen molar-refractivity contribution >= 4 is 68.3 Å². The summed E-state index contributed by atoms with van der Waals surface area (Å²) in [5, 5.41) is 7.14. The van der Waals surface area contributed by atoms with Gasteiger partial charge in [-0.3, -0.25) is 9.59 Å². The van der Waals surface area contributed by atoms with Crippen LogP contribution in [0, 0.1) is 0 Å².